The first-order chi connectivity index (χ1) is 11.8. The first-order valence-corrected chi connectivity index (χ1v) is 7.81. The van der Waals surface area contributed by atoms with Crippen molar-refractivity contribution in [2.75, 3.05) is 14.2 Å². The van der Waals surface area contributed by atoms with Gasteiger partial charge < -0.3 is 9.47 Å². The summed E-state index contributed by atoms with van der Waals surface area (Å²) in [6, 6.07) is 4.39. The first-order valence-electron chi connectivity index (χ1n) is 6.83. The Hall–Kier alpha value is -2.10. The van der Waals surface area contributed by atoms with E-state index in [2.05, 4.69) is 9.97 Å². The SMILES string of the molecule is COc1nc(CSc2ccc(C(F)(F)F)cc2)c(C(F)F)nc1OC. The number of benzene rings is 1. The average Bonchev–Trinajstić information content (AvgIpc) is 2.58. The number of ether oxygens (including phenoxy) is 2. The number of hydrogen-bond acceptors (Lipinski definition) is 5. The third kappa shape index (κ3) is 4.71. The van der Waals surface area contributed by atoms with Crippen LogP contribution in [0.2, 0.25) is 0 Å². The molecule has 0 amide bonds. The fourth-order valence-corrected chi connectivity index (χ4v) is 2.73. The molecule has 0 aliphatic carbocycles. The van der Waals surface area contributed by atoms with Crippen molar-refractivity contribution in [2.24, 2.45) is 0 Å². The number of rotatable bonds is 6. The van der Waals surface area contributed by atoms with Crippen molar-refractivity contribution < 1.29 is 31.4 Å². The van der Waals surface area contributed by atoms with Gasteiger partial charge in [-0.25, -0.2) is 18.7 Å². The molecule has 0 unspecified atom stereocenters. The van der Waals surface area contributed by atoms with E-state index in [1.54, 1.807) is 0 Å². The van der Waals surface area contributed by atoms with E-state index in [1.165, 1.54) is 26.4 Å². The molecular weight excluding hydrogens is 367 g/mol. The first kappa shape index (κ1) is 19.2. The molecule has 1 aromatic heterocycles. The Labute approximate surface area is 144 Å². The number of alkyl halides is 5. The summed E-state index contributed by atoms with van der Waals surface area (Å²) in [5.41, 5.74) is -1.37. The van der Waals surface area contributed by atoms with E-state index in [-0.39, 0.29) is 23.2 Å². The van der Waals surface area contributed by atoms with Gasteiger partial charge in [0.15, 0.2) is 0 Å². The molecule has 0 aliphatic rings. The van der Waals surface area contributed by atoms with Crippen LogP contribution < -0.4 is 9.47 Å². The Morgan fingerprint density at radius 3 is 2.04 bits per heavy atom. The number of methoxy groups -OCH3 is 2. The minimum Gasteiger partial charge on any atom is -0.477 e. The fourth-order valence-electron chi connectivity index (χ4n) is 1.89. The van der Waals surface area contributed by atoms with Crippen LogP contribution in [0.3, 0.4) is 0 Å². The third-order valence-corrected chi connectivity index (χ3v) is 4.11. The molecule has 0 radical (unpaired) electrons. The van der Waals surface area contributed by atoms with E-state index in [1.807, 2.05) is 0 Å². The van der Waals surface area contributed by atoms with Crippen LogP contribution in [0.4, 0.5) is 22.0 Å². The number of thioether (sulfide) groups is 1. The van der Waals surface area contributed by atoms with Crippen molar-refractivity contribution in [1.29, 1.82) is 0 Å². The molecule has 1 heterocycles. The molecule has 0 fully saturated rings. The summed E-state index contributed by atoms with van der Waals surface area (Å²) in [6.07, 6.45) is -7.31. The van der Waals surface area contributed by atoms with Gasteiger partial charge in [-0.1, -0.05) is 0 Å². The monoisotopic (exact) mass is 380 g/mol. The van der Waals surface area contributed by atoms with Crippen LogP contribution in [0.25, 0.3) is 0 Å². The lowest BCUT2D eigenvalue weighted by atomic mass is 10.2. The number of hydrogen-bond donors (Lipinski definition) is 0. The maximum absolute atomic E-state index is 13.2. The topological polar surface area (TPSA) is 44.2 Å². The Morgan fingerprint density at radius 2 is 1.56 bits per heavy atom. The maximum Gasteiger partial charge on any atom is 0.416 e. The molecule has 2 aromatic rings. The van der Waals surface area contributed by atoms with Crippen LogP contribution in [0.15, 0.2) is 29.2 Å². The van der Waals surface area contributed by atoms with E-state index in [0.717, 1.165) is 23.9 Å². The number of aromatic nitrogens is 2. The summed E-state index contributed by atoms with van der Waals surface area (Å²) in [5, 5.41) is 0. The second-order valence-electron chi connectivity index (χ2n) is 4.69. The molecular formula is C15H13F5N2O2S. The zero-order chi connectivity index (χ0) is 18.6. The standard InChI is InChI=1S/C15H13F5N2O2S/c1-23-13-14(24-2)22-11(12(16)17)10(21-13)7-25-9-5-3-8(4-6-9)15(18,19)20/h3-6,12H,7H2,1-2H3. The predicted octanol–water partition coefficient (Wildman–Crippen LogP) is 4.74. The summed E-state index contributed by atoms with van der Waals surface area (Å²) >= 11 is 1.06. The lowest BCUT2D eigenvalue weighted by molar-refractivity contribution is -0.137. The summed E-state index contributed by atoms with van der Waals surface area (Å²) < 4.78 is 73.7. The van der Waals surface area contributed by atoms with Crippen molar-refractivity contribution in [3.63, 3.8) is 0 Å². The Bertz CT molecular complexity index is 723. The molecule has 0 bridgehead atoms. The van der Waals surface area contributed by atoms with E-state index in [4.69, 9.17) is 9.47 Å². The van der Waals surface area contributed by atoms with Gasteiger partial charge in [0.25, 0.3) is 18.2 Å². The molecule has 0 spiro atoms. The second-order valence-corrected chi connectivity index (χ2v) is 5.73. The zero-order valence-corrected chi connectivity index (χ0v) is 13.9. The lowest BCUT2D eigenvalue weighted by Crippen LogP contribution is -2.06. The van der Waals surface area contributed by atoms with Gasteiger partial charge in [-0.05, 0) is 24.3 Å². The molecule has 1 aromatic carbocycles. The molecule has 136 valence electrons. The van der Waals surface area contributed by atoms with Gasteiger partial charge in [0.2, 0.25) is 0 Å². The van der Waals surface area contributed by atoms with Gasteiger partial charge in [0.1, 0.15) is 5.69 Å². The quantitative estimate of drug-likeness (QED) is 0.535. The third-order valence-electron chi connectivity index (χ3n) is 3.09. The molecule has 0 saturated heterocycles. The summed E-state index contributed by atoms with van der Waals surface area (Å²) in [6.45, 7) is 0. The van der Waals surface area contributed by atoms with Gasteiger partial charge >= 0.3 is 6.18 Å². The van der Waals surface area contributed by atoms with Gasteiger partial charge in [-0.3, -0.25) is 0 Å². The second kappa shape index (κ2) is 7.85. The van der Waals surface area contributed by atoms with Crippen LogP contribution >= 0.6 is 11.8 Å². The van der Waals surface area contributed by atoms with Crippen LogP contribution in [0.1, 0.15) is 23.4 Å². The van der Waals surface area contributed by atoms with Gasteiger partial charge in [-0.2, -0.15) is 13.2 Å². The lowest BCUT2D eigenvalue weighted by Gasteiger charge is -2.12. The molecule has 2 rings (SSSR count). The predicted molar refractivity (Wildman–Crippen MR) is 81.1 cm³/mol. The highest BCUT2D eigenvalue weighted by Gasteiger charge is 2.30. The molecule has 0 saturated carbocycles. The largest absolute Gasteiger partial charge is 0.477 e. The van der Waals surface area contributed by atoms with Crippen LogP contribution in [0, 0.1) is 0 Å². The van der Waals surface area contributed by atoms with Gasteiger partial charge in [0.05, 0.1) is 25.5 Å². The maximum atomic E-state index is 13.2. The van der Waals surface area contributed by atoms with Crippen molar-refractivity contribution in [2.45, 2.75) is 23.3 Å². The molecule has 4 nitrogen and oxygen atoms in total. The molecule has 0 atom stereocenters. The summed E-state index contributed by atoms with van der Waals surface area (Å²) in [5.74, 6) is -0.228. The molecule has 0 aliphatic heterocycles. The van der Waals surface area contributed by atoms with E-state index in [0.29, 0.717) is 4.90 Å². The Morgan fingerprint density at radius 1 is 1.00 bits per heavy atom. The van der Waals surface area contributed by atoms with Crippen molar-refractivity contribution >= 4 is 11.8 Å². The van der Waals surface area contributed by atoms with Gasteiger partial charge in [-0.15, -0.1) is 11.8 Å². The molecule has 25 heavy (non-hydrogen) atoms. The molecule has 10 heteroatoms. The zero-order valence-electron chi connectivity index (χ0n) is 13.1. The van der Waals surface area contributed by atoms with E-state index in [9.17, 15) is 22.0 Å². The van der Waals surface area contributed by atoms with E-state index < -0.39 is 23.9 Å². The van der Waals surface area contributed by atoms with Crippen LogP contribution in [0.5, 0.6) is 11.8 Å². The highest BCUT2D eigenvalue weighted by Crippen LogP contribution is 2.34. The van der Waals surface area contributed by atoms with Gasteiger partial charge in [0, 0.05) is 10.6 Å². The normalized spacial score (nSPS) is 11.7. The highest BCUT2D eigenvalue weighted by molar-refractivity contribution is 7.98. The highest BCUT2D eigenvalue weighted by atomic mass is 32.2. The van der Waals surface area contributed by atoms with Crippen LogP contribution in [-0.2, 0) is 11.9 Å². The Balaban J connectivity index is 2.22. The number of nitrogens with zero attached hydrogens (tertiary/aromatic N) is 2. The molecule has 0 N–H and O–H groups in total. The Kier molecular flexibility index (Phi) is 6.04. The van der Waals surface area contributed by atoms with Crippen molar-refractivity contribution in [3.05, 3.63) is 41.2 Å². The van der Waals surface area contributed by atoms with Crippen molar-refractivity contribution in [1.82, 2.24) is 9.97 Å². The average molecular weight is 380 g/mol. The minimum absolute atomic E-state index is 0.0155. The number of halogens is 5. The smallest absolute Gasteiger partial charge is 0.416 e. The van der Waals surface area contributed by atoms with Crippen LogP contribution in [-0.4, -0.2) is 24.2 Å². The summed E-state index contributed by atoms with van der Waals surface area (Å²) in [4.78, 5) is 8.14. The summed E-state index contributed by atoms with van der Waals surface area (Å²) in [7, 11) is 2.54. The van der Waals surface area contributed by atoms with Crippen molar-refractivity contribution in [3.8, 4) is 11.8 Å². The van der Waals surface area contributed by atoms with E-state index >= 15 is 0 Å². The minimum atomic E-state index is -4.43. The fraction of sp³-hybridized carbons (Fsp3) is 0.333.